The molecule has 3 heterocycles. The molecule has 0 spiro atoms. The summed E-state index contributed by atoms with van der Waals surface area (Å²) in [6.07, 6.45) is 4.61. The Morgan fingerprint density at radius 2 is 2.07 bits per heavy atom. The van der Waals surface area contributed by atoms with Gasteiger partial charge in [0.1, 0.15) is 10.6 Å². The zero-order chi connectivity index (χ0) is 20.5. The molecule has 0 atom stereocenters. The highest BCUT2D eigenvalue weighted by Crippen LogP contribution is 2.36. The summed E-state index contributed by atoms with van der Waals surface area (Å²) in [5.41, 5.74) is 1.86. The number of thiophene rings is 1. The highest BCUT2D eigenvalue weighted by Gasteiger charge is 2.24. The second-order valence-electron chi connectivity index (χ2n) is 7.05. The molecule has 6 nitrogen and oxygen atoms in total. The van der Waals surface area contributed by atoms with Crippen LogP contribution < -0.4 is 10.9 Å². The van der Waals surface area contributed by atoms with Crippen molar-refractivity contribution in [3.05, 3.63) is 75.3 Å². The first-order chi connectivity index (χ1) is 14.7. The zero-order valence-corrected chi connectivity index (χ0v) is 17.7. The molecule has 0 fully saturated rings. The summed E-state index contributed by atoms with van der Waals surface area (Å²) >= 11 is 2.88. The number of hydrogen-bond acceptors (Lipinski definition) is 6. The number of aryl methyl sites for hydroxylation is 2. The van der Waals surface area contributed by atoms with Crippen LogP contribution in [-0.2, 0) is 24.2 Å². The topological polar surface area (TPSA) is 77.1 Å². The van der Waals surface area contributed by atoms with Gasteiger partial charge in [-0.15, -0.1) is 11.3 Å². The molecule has 1 amide bonds. The van der Waals surface area contributed by atoms with Crippen LogP contribution in [0.3, 0.4) is 0 Å². The standard InChI is InChI=1S/C22H19N3O3S2/c26-18(23-12-15-8-5-11-28-15)13-29-22-24-20-19(16-9-4-10-17(16)30-20)21(27)25(22)14-6-2-1-3-7-14/h1-3,5-8,11H,4,9-10,12-13H2,(H,23,26). The third kappa shape index (κ3) is 3.57. The monoisotopic (exact) mass is 437 g/mol. The Bertz CT molecular complexity index is 1260. The molecular weight excluding hydrogens is 418 g/mol. The lowest BCUT2D eigenvalue weighted by molar-refractivity contribution is -0.118. The number of amides is 1. The van der Waals surface area contributed by atoms with Gasteiger partial charge < -0.3 is 9.73 Å². The van der Waals surface area contributed by atoms with Crippen molar-refractivity contribution in [2.75, 3.05) is 5.75 Å². The third-order valence-electron chi connectivity index (χ3n) is 5.09. The lowest BCUT2D eigenvalue weighted by Crippen LogP contribution is -2.26. The molecule has 0 aliphatic heterocycles. The number of furan rings is 1. The molecule has 1 aliphatic carbocycles. The normalized spacial score (nSPS) is 12.9. The van der Waals surface area contributed by atoms with Crippen molar-refractivity contribution >= 4 is 39.2 Å². The van der Waals surface area contributed by atoms with Crippen LogP contribution in [0.2, 0.25) is 0 Å². The molecule has 5 rings (SSSR count). The fraction of sp³-hybridized carbons (Fsp3) is 0.227. The first-order valence-corrected chi connectivity index (χ1v) is 11.6. The lowest BCUT2D eigenvalue weighted by atomic mass is 10.2. The fourth-order valence-corrected chi connectivity index (χ4v) is 5.85. The van der Waals surface area contributed by atoms with Gasteiger partial charge in [-0.05, 0) is 49.1 Å². The van der Waals surface area contributed by atoms with Gasteiger partial charge in [-0.25, -0.2) is 4.98 Å². The number of benzene rings is 1. The number of hydrogen-bond donors (Lipinski definition) is 1. The van der Waals surface area contributed by atoms with E-state index in [1.165, 1.54) is 16.6 Å². The van der Waals surface area contributed by atoms with Crippen molar-refractivity contribution in [2.45, 2.75) is 31.0 Å². The lowest BCUT2D eigenvalue weighted by Gasteiger charge is -2.12. The van der Waals surface area contributed by atoms with Gasteiger partial charge in [0.2, 0.25) is 5.91 Å². The molecular formula is C22H19N3O3S2. The van der Waals surface area contributed by atoms with Crippen LogP contribution in [-0.4, -0.2) is 21.2 Å². The average molecular weight is 438 g/mol. The molecule has 1 aliphatic rings. The Morgan fingerprint density at radius 1 is 1.20 bits per heavy atom. The van der Waals surface area contributed by atoms with Gasteiger partial charge in [0, 0.05) is 4.88 Å². The van der Waals surface area contributed by atoms with E-state index in [4.69, 9.17) is 9.40 Å². The van der Waals surface area contributed by atoms with Crippen LogP contribution in [0.25, 0.3) is 15.9 Å². The number of nitrogens with one attached hydrogen (secondary N) is 1. The summed E-state index contributed by atoms with van der Waals surface area (Å²) in [5, 5.41) is 4.10. The van der Waals surface area contributed by atoms with Crippen molar-refractivity contribution in [1.29, 1.82) is 0 Å². The number of rotatable bonds is 6. The Labute approximate surface area is 180 Å². The quantitative estimate of drug-likeness (QED) is 0.365. The molecule has 0 unspecified atom stereocenters. The minimum Gasteiger partial charge on any atom is -0.467 e. The van der Waals surface area contributed by atoms with Gasteiger partial charge in [-0.3, -0.25) is 14.2 Å². The van der Waals surface area contributed by atoms with Crippen molar-refractivity contribution in [2.24, 2.45) is 0 Å². The first-order valence-electron chi connectivity index (χ1n) is 9.75. The van der Waals surface area contributed by atoms with Crippen molar-refractivity contribution < 1.29 is 9.21 Å². The maximum Gasteiger partial charge on any atom is 0.267 e. The summed E-state index contributed by atoms with van der Waals surface area (Å²) in [4.78, 5) is 32.7. The Hall–Kier alpha value is -2.84. The summed E-state index contributed by atoms with van der Waals surface area (Å²) in [6.45, 7) is 0.335. The second-order valence-corrected chi connectivity index (χ2v) is 9.08. The Kier molecular flexibility index (Phi) is 5.18. The Morgan fingerprint density at radius 3 is 2.87 bits per heavy atom. The maximum absolute atomic E-state index is 13.5. The average Bonchev–Trinajstić information content (AvgIpc) is 3.48. The van der Waals surface area contributed by atoms with Crippen LogP contribution in [0, 0.1) is 0 Å². The van der Waals surface area contributed by atoms with Crippen LogP contribution >= 0.6 is 23.1 Å². The number of nitrogens with zero attached hydrogens (tertiary/aromatic N) is 2. The van der Waals surface area contributed by atoms with Gasteiger partial charge >= 0.3 is 0 Å². The number of aromatic nitrogens is 2. The molecule has 4 aromatic rings. The van der Waals surface area contributed by atoms with Crippen LogP contribution in [0.5, 0.6) is 0 Å². The van der Waals surface area contributed by atoms with E-state index in [0.29, 0.717) is 17.5 Å². The first kappa shape index (κ1) is 19.1. The number of thioether (sulfide) groups is 1. The summed E-state index contributed by atoms with van der Waals surface area (Å²) in [5.74, 6) is 0.720. The predicted octanol–water partition coefficient (Wildman–Crippen LogP) is 3.94. The van der Waals surface area contributed by atoms with Crippen LogP contribution in [0.4, 0.5) is 0 Å². The fourth-order valence-electron chi connectivity index (χ4n) is 3.71. The highest BCUT2D eigenvalue weighted by molar-refractivity contribution is 7.99. The number of para-hydroxylation sites is 1. The van der Waals surface area contributed by atoms with Gasteiger partial charge in [0.15, 0.2) is 5.16 Å². The minimum absolute atomic E-state index is 0.0518. The molecule has 1 aromatic carbocycles. The summed E-state index contributed by atoms with van der Waals surface area (Å²) in [6, 6.07) is 13.1. The van der Waals surface area contributed by atoms with Crippen LogP contribution in [0.15, 0.2) is 63.1 Å². The van der Waals surface area contributed by atoms with E-state index < -0.39 is 0 Å². The van der Waals surface area contributed by atoms with Gasteiger partial charge in [0.05, 0.1) is 29.6 Å². The second kappa shape index (κ2) is 8.12. The number of fused-ring (bicyclic) bond motifs is 3. The van der Waals surface area contributed by atoms with Crippen molar-refractivity contribution in [3.63, 3.8) is 0 Å². The Balaban J connectivity index is 1.47. The van der Waals surface area contributed by atoms with E-state index in [1.54, 1.807) is 28.2 Å². The maximum atomic E-state index is 13.5. The van der Waals surface area contributed by atoms with E-state index in [-0.39, 0.29) is 17.2 Å². The van der Waals surface area contributed by atoms with Crippen molar-refractivity contribution in [1.82, 2.24) is 14.9 Å². The van der Waals surface area contributed by atoms with Gasteiger partial charge in [0.25, 0.3) is 5.56 Å². The predicted molar refractivity (Wildman–Crippen MR) is 119 cm³/mol. The molecule has 30 heavy (non-hydrogen) atoms. The van der Waals surface area contributed by atoms with E-state index in [0.717, 1.165) is 40.7 Å². The molecule has 3 aromatic heterocycles. The highest BCUT2D eigenvalue weighted by atomic mass is 32.2. The molecule has 0 radical (unpaired) electrons. The van der Waals surface area contributed by atoms with E-state index in [2.05, 4.69) is 5.32 Å². The largest absolute Gasteiger partial charge is 0.467 e. The molecule has 152 valence electrons. The van der Waals surface area contributed by atoms with Crippen molar-refractivity contribution in [3.8, 4) is 5.69 Å². The number of carbonyl (C=O) groups excluding carboxylic acids is 1. The third-order valence-corrected chi connectivity index (χ3v) is 7.22. The molecule has 1 N–H and O–H groups in total. The molecule has 8 heteroatoms. The molecule has 0 saturated heterocycles. The zero-order valence-electron chi connectivity index (χ0n) is 16.1. The van der Waals surface area contributed by atoms with Gasteiger partial charge in [-0.2, -0.15) is 0 Å². The van der Waals surface area contributed by atoms with E-state index in [1.807, 2.05) is 36.4 Å². The van der Waals surface area contributed by atoms with Crippen LogP contribution in [0.1, 0.15) is 22.6 Å². The summed E-state index contributed by atoms with van der Waals surface area (Å²) < 4.78 is 6.88. The SMILES string of the molecule is O=C(CSc1nc2sc3c(c2c(=O)n1-c1ccccc1)CCC3)NCc1ccco1. The smallest absolute Gasteiger partial charge is 0.267 e. The molecule has 0 bridgehead atoms. The molecule has 0 saturated carbocycles. The summed E-state index contributed by atoms with van der Waals surface area (Å²) in [7, 11) is 0. The van der Waals surface area contributed by atoms with E-state index >= 15 is 0 Å². The van der Waals surface area contributed by atoms with Gasteiger partial charge in [-0.1, -0.05) is 30.0 Å². The minimum atomic E-state index is -0.140. The van der Waals surface area contributed by atoms with E-state index in [9.17, 15) is 9.59 Å². The number of carbonyl (C=O) groups is 1.